The number of hydrogen-bond acceptors (Lipinski definition) is 32. The first-order valence-corrected chi connectivity index (χ1v) is 33.9. The van der Waals surface area contributed by atoms with E-state index < -0.39 is 262 Å². The molecule has 39 atom stereocenters. The fourth-order valence-electron chi connectivity index (χ4n) is 19.1. The third-order valence-electron chi connectivity index (χ3n) is 25.0. The molecule has 97 heavy (non-hydrogen) atoms. The van der Waals surface area contributed by atoms with Gasteiger partial charge in [0.25, 0.3) is 0 Å². The van der Waals surface area contributed by atoms with E-state index in [1.54, 1.807) is 0 Å². The maximum atomic E-state index is 14.3. The minimum Gasteiger partial charge on any atom is -0.481 e. The average Bonchev–Trinajstić information content (AvgIpc) is 0.670. The monoisotopic (exact) mass is 1400 g/mol. The van der Waals surface area contributed by atoms with E-state index >= 15 is 0 Å². The lowest BCUT2D eigenvalue weighted by Gasteiger charge is -2.72. The predicted molar refractivity (Wildman–Crippen MR) is 319 cm³/mol. The number of hydrogen-bond donors (Lipinski definition) is 20. The standard InChI is InChI=1S/C64H104O33/c1-23-47(93-52-44(81)35(72)27(69)20-86-52)43(80)46(83)53(89-23)94-48-36(73)28(70)21-87-55(48)88-22-64-13-12-59(2,3)14-25(64)24-8-9-32-60(4)15-26(68)51(63(7,58(84)85)33(60)10-11-61(32,5)62(24,6)16-34(64)71)97-57-50(42(79)39(76)31(19-67)92-57)96-56-49(41(78)38(75)30(18-66)91-56)95-54-45(82)40(77)37(74)29(17-65)90-54/h8,23,25-57,65-83H,9-22H2,1-7H3,(H,84,85)/t23-,25-,26-,27+,28-,29+,30+,31+,32+,33+,34-,35-,36-,37+,38+,39+,40-,41-,42-,43-,44+,45+,46+,47-,48+,49+,50+,51-,52-,53-,54-,55-,56-,57-,60+,61+,62+,63-,64+/m0/s1. The van der Waals surface area contributed by atoms with Crippen molar-refractivity contribution in [2.45, 2.75) is 290 Å². The summed E-state index contributed by atoms with van der Waals surface area (Å²) in [6.07, 6.45) is -48.1. The molecule has 33 nitrogen and oxygen atoms in total. The number of carboxylic acids is 1. The average molecular weight is 1400 g/mol. The molecule has 10 fully saturated rings. The van der Waals surface area contributed by atoms with Gasteiger partial charge in [0.2, 0.25) is 0 Å². The van der Waals surface area contributed by atoms with E-state index in [9.17, 15) is 107 Å². The van der Waals surface area contributed by atoms with Crippen LogP contribution in [0.15, 0.2) is 11.6 Å². The molecule has 11 aliphatic rings. The molecule has 0 aromatic carbocycles. The van der Waals surface area contributed by atoms with Gasteiger partial charge in [0.05, 0.1) is 63.4 Å². The molecule has 0 amide bonds. The molecule has 0 aromatic heterocycles. The zero-order valence-electron chi connectivity index (χ0n) is 55.4. The summed E-state index contributed by atoms with van der Waals surface area (Å²) < 4.78 is 72.0. The summed E-state index contributed by atoms with van der Waals surface area (Å²) in [5.41, 5.74) is -4.61. The van der Waals surface area contributed by atoms with Gasteiger partial charge in [0.15, 0.2) is 37.7 Å². The minimum atomic E-state index is -2.10. The zero-order chi connectivity index (χ0) is 70.9. The van der Waals surface area contributed by atoms with E-state index in [0.717, 1.165) is 5.57 Å². The van der Waals surface area contributed by atoms with Gasteiger partial charge in [0.1, 0.15) is 134 Å². The van der Waals surface area contributed by atoms with Crippen LogP contribution in [-0.4, -0.2) is 338 Å². The van der Waals surface area contributed by atoms with Gasteiger partial charge in [-0.3, -0.25) is 4.79 Å². The van der Waals surface area contributed by atoms with Crippen LogP contribution in [0.1, 0.15) is 99.8 Å². The number of fused-ring (bicyclic) bond motifs is 7. The quantitative estimate of drug-likeness (QED) is 0.0475. The Balaban J connectivity index is 0.837. The third-order valence-corrected chi connectivity index (χ3v) is 25.0. The van der Waals surface area contributed by atoms with Crippen LogP contribution >= 0.6 is 0 Å². The van der Waals surface area contributed by atoms with Gasteiger partial charge in [-0.15, -0.1) is 0 Å². The van der Waals surface area contributed by atoms with Gasteiger partial charge < -0.3 is 159 Å². The first-order valence-electron chi connectivity index (χ1n) is 33.9. The number of aliphatic hydroxyl groups excluding tert-OH is 19. The van der Waals surface area contributed by atoms with Crippen LogP contribution in [0.25, 0.3) is 0 Å². The number of carboxylic acid groups (broad SMARTS) is 1. The molecule has 0 unspecified atom stereocenters. The van der Waals surface area contributed by atoms with Crippen LogP contribution in [0.3, 0.4) is 0 Å². The molecule has 6 saturated heterocycles. The minimum absolute atomic E-state index is 0.0615. The molecular weight excluding hydrogens is 1300 g/mol. The Labute approximate surface area is 559 Å². The van der Waals surface area contributed by atoms with Crippen molar-refractivity contribution in [2.24, 2.45) is 50.2 Å². The summed E-state index contributed by atoms with van der Waals surface area (Å²) in [5.74, 6) is -2.84. The number of aliphatic hydroxyl groups is 19. The number of rotatable bonds is 17. The van der Waals surface area contributed by atoms with Crippen molar-refractivity contribution in [3.8, 4) is 0 Å². The predicted octanol–water partition coefficient (Wildman–Crippen LogP) is -6.60. The highest BCUT2D eigenvalue weighted by molar-refractivity contribution is 5.76. The highest BCUT2D eigenvalue weighted by atomic mass is 16.8. The molecule has 0 radical (unpaired) electrons. The second kappa shape index (κ2) is 28.4. The van der Waals surface area contributed by atoms with Crippen LogP contribution in [-0.2, 0) is 61.6 Å². The van der Waals surface area contributed by atoms with Crippen LogP contribution in [0.4, 0.5) is 0 Å². The summed E-state index contributed by atoms with van der Waals surface area (Å²) in [6, 6.07) is 0. The first-order chi connectivity index (χ1) is 45.5. The van der Waals surface area contributed by atoms with Crippen LogP contribution in [0, 0.1) is 50.2 Å². The summed E-state index contributed by atoms with van der Waals surface area (Å²) >= 11 is 0. The Morgan fingerprint density at radius 1 is 0.495 bits per heavy atom. The molecular formula is C64H104O33. The van der Waals surface area contributed by atoms with Crippen LogP contribution in [0.2, 0.25) is 0 Å². The number of ether oxygens (including phenoxy) is 12. The van der Waals surface area contributed by atoms with E-state index in [1.165, 1.54) is 13.8 Å². The first kappa shape index (κ1) is 76.1. The van der Waals surface area contributed by atoms with Gasteiger partial charge in [-0.1, -0.05) is 46.3 Å². The summed E-state index contributed by atoms with van der Waals surface area (Å²) in [7, 11) is 0. The molecule has 4 saturated carbocycles. The lowest BCUT2D eigenvalue weighted by molar-refractivity contribution is -0.400. The van der Waals surface area contributed by atoms with Gasteiger partial charge in [-0.25, -0.2) is 0 Å². The van der Waals surface area contributed by atoms with Crippen LogP contribution < -0.4 is 0 Å². The van der Waals surface area contributed by atoms with Crippen LogP contribution in [0.5, 0.6) is 0 Å². The molecule has 6 heterocycles. The Hall–Kier alpha value is -2.03. The van der Waals surface area contributed by atoms with Crippen molar-refractivity contribution in [1.29, 1.82) is 0 Å². The Kier molecular flexibility index (Phi) is 22.3. The van der Waals surface area contributed by atoms with Crippen molar-refractivity contribution >= 4 is 5.97 Å². The molecule has 20 N–H and O–H groups in total. The summed E-state index contributed by atoms with van der Waals surface area (Å²) in [4.78, 5) is 14.3. The Morgan fingerprint density at radius 2 is 0.979 bits per heavy atom. The normalized spacial score (nSPS) is 55.5. The van der Waals surface area contributed by atoms with Crippen molar-refractivity contribution in [3.63, 3.8) is 0 Å². The topological polar surface area (TPSA) is 532 Å². The van der Waals surface area contributed by atoms with Gasteiger partial charge >= 0.3 is 5.97 Å². The SMILES string of the molecule is C[C@@H]1O[C@@H](O[C@H]2[C@H](OC[C@]34CCC(C)(C)C[C@H]3C3=CC[C@@H]5[C@@]6(C)C[C@H](O)[C@H](O[C@@H]7O[C@H](CO)[C@@H](O)[C@H](O)[C@H]7O[C@@H]7O[C@H](CO)[C@@H](O)[C@H](O)[C@H]7O[C@@H]7O[C@H](CO)[C@@H](O)[C@H](O)[C@H]7O)[C@@](C)(C(=O)O)[C@@H]6CC[C@@]5(C)[C@]3(C)C[C@@H]4O)OC[C@H](O)[C@@H]2O)[C@H](O)[C@H](O)[C@H]1O[C@@H]1OC[C@@H](O)[C@H](O)[C@H]1O. The maximum absolute atomic E-state index is 14.3. The van der Waals surface area contributed by atoms with E-state index in [4.69, 9.17) is 56.8 Å². The lowest BCUT2D eigenvalue weighted by Crippen LogP contribution is -2.71. The fraction of sp³-hybridized carbons (Fsp3) is 0.953. The maximum Gasteiger partial charge on any atom is 0.312 e. The molecule has 0 bridgehead atoms. The van der Waals surface area contributed by atoms with Gasteiger partial charge in [-0.2, -0.15) is 0 Å². The Morgan fingerprint density at radius 3 is 1.57 bits per heavy atom. The lowest BCUT2D eigenvalue weighted by atomic mass is 9.33. The molecule has 0 spiro atoms. The van der Waals surface area contributed by atoms with E-state index in [2.05, 4.69) is 33.8 Å². The van der Waals surface area contributed by atoms with Crippen molar-refractivity contribution in [2.75, 3.05) is 39.6 Å². The van der Waals surface area contributed by atoms with Crippen molar-refractivity contribution < 1.29 is 164 Å². The third kappa shape index (κ3) is 12.9. The largest absolute Gasteiger partial charge is 0.481 e. The molecule has 33 heteroatoms. The Bertz CT molecular complexity index is 2740. The van der Waals surface area contributed by atoms with E-state index in [-0.39, 0.29) is 43.1 Å². The molecule has 11 rings (SSSR count). The number of carbonyl (C=O) groups is 1. The molecule has 558 valence electrons. The second-order valence-electron chi connectivity index (χ2n) is 31.1. The second-order valence-corrected chi connectivity index (χ2v) is 31.1. The summed E-state index contributed by atoms with van der Waals surface area (Å²) in [6.45, 7) is 9.78. The number of aliphatic carboxylic acids is 1. The van der Waals surface area contributed by atoms with Crippen molar-refractivity contribution in [3.05, 3.63) is 11.6 Å². The zero-order valence-corrected chi connectivity index (χ0v) is 55.4. The van der Waals surface area contributed by atoms with Crippen molar-refractivity contribution in [1.82, 2.24) is 0 Å². The smallest absolute Gasteiger partial charge is 0.312 e. The fourth-order valence-corrected chi connectivity index (χ4v) is 19.1. The molecule has 0 aromatic rings. The van der Waals surface area contributed by atoms with E-state index in [0.29, 0.717) is 32.1 Å². The number of allylic oxidation sites excluding steroid dienone is 2. The summed E-state index contributed by atoms with van der Waals surface area (Å²) in [5, 5.41) is 222. The highest BCUT2D eigenvalue weighted by Crippen LogP contribution is 2.76. The molecule has 5 aliphatic carbocycles. The van der Waals surface area contributed by atoms with Gasteiger partial charge in [0, 0.05) is 5.41 Å². The highest BCUT2D eigenvalue weighted by Gasteiger charge is 2.74. The van der Waals surface area contributed by atoms with E-state index in [1.807, 2.05) is 6.92 Å². The van der Waals surface area contributed by atoms with Gasteiger partial charge in [-0.05, 0) is 105 Å². The molecule has 6 aliphatic heterocycles.